The lowest BCUT2D eigenvalue weighted by Gasteiger charge is -2.27. The third-order valence-corrected chi connectivity index (χ3v) is 5.94. The number of carboxylic acid groups (broad SMARTS) is 1. The van der Waals surface area contributed by atoms with Crippen LogP contribution in [-0.4, -0.2) is 40.3 Å². The molecule has 162 valence electrons. The largest absolute Gasteiger partial charge is 0.481 e. The number of nitrogens with one attached hydrogen (secondary N) is 2. The van der Waals surface area contributed by atoms with Gasteiger partial charge in [0.25, 0.3) is 0 Å². The number of anilines is 3. The van der Waals surface area contributed by atoms with Crippen molar-refractivity contribution in [3.63, 3.8) is 0 Å². The zero-order valence-corrected chi connectivity index (χ0v) is 19.0. The van der Waals surface area contributed by atoms with Gasteiger partial charge in [-0.1, -0.05) is 38.2 Å². The number of thioether (sulfide) groups is 1. The van der Waals surface area contributed by atoms with Crippen molar-refractivity contribution < 1.29 is 19.5 Å². The van der Waals surface area contributed by atoms with E-state index in [1.54, 1.807) is 29.3 Å². The van der Waals surface area contributed by atoms with Crippen LogP contribution in [-0.2, 0) is 9.59 Å². The van der Waals surface area contributed by atoms with E-state index in [1.165, 1.54) is 18.3 Å². The Morgan fingerprint density at radius 3 is 2.60 bits per heavy atom. The number of carboxylic acids is 1. The zero-order valence-electron chi connectivity index (χ0n) is 17.4. The van der Waals surface area contributed by atoms with E-state index in [4.69, 9.17) is 5.11 Å². The Hall–Kier alpha value is -2.59. The van der Waals surface area contributed by atoms with E-state index in [0.717, 1.165) is 18.2 Å². The van der Waals surface area contributed by atoms with Gasteiger partial charge in [-0.15, -0.1) is 11.8 Å². The summed E-state index contributed by atoms with van der Waals surface area (Å²) < 4.78 is 0.710. The normalized spacial score (nSPS) is 11.1. The van der Waals surface area contributed by atoms with Gasteiger partial charge in [0.15, 0.2) is 5.13 Å². The average Bonchev–Trinajstić information content (AvgIpc) is 3.06. The zero-order chi connectivity index (χ0) is 22.3. The summed E-state index contributed by atoms with van der Waals surface area (Å²) in [5.74, 6) is -1.16. The minimum atomic E-state index is -0.911. The molecule has 0 bridgehead atoms. The number of rotatable bonds is 8. The highest BCUT2D eigenvalue weighted by Crippen LogP contribution is 2.29. The third kappa shape index (κ3) is 8.03. The van der Waals surface area contributed by atoms with Crippen LogP contribution in [0, 0.1) is 5.41 Å². The van der Waals surface area contributed by atoms with E-state index in [1.807, 2.05) is 6.07 Å². The Balaban J connectivity index is 2.19. The highest BCUT2D eigenvalue weighted by Gasteiger charge is 2.21. The second-order valence-electron chi connectivity index (χ2n) is 7.79. The molecule has 0 fully saturated rings. The quantitative estimate of drug-likeness (QED) is 0.500. The lowest BCUT2D eigenvalue weighted by atomic mass is 9.92. The number of carbonyl (C=O) groups excluding carboxylic acids is 2. The SMILES string of the molecule is CC(=O)Nc1cccc(N(CCC(C)(C)C)C(=O)Nc2ncc(SCC(=O)O)s2)c1. The summed E-state index contributed by atoms with van der Waals surface area (Å²) in [5, 5.41) is 14.7. The first-order valence-corrected chi connectivity index (χ1v) is 11.1. The standard InChI is InChI=1S/C20H26N4O4S2/c1-13(25)22-14-6-5-7-15(10-14)24(9-8-20(2,3)4)19(28)23-18-21-11-17(30-18)29-12-16(26)27/h5-7,10-11H,8-9,12H2,1-4H3,(H,22,25)(H,26,27)(H,21,23,28). The summed E-state index contributed by atoms with van der Waals surface area (Å²) in [6.45, 7) is 8.21. The molecule has 0 spiro atoms. The second kappa shape index (κ2) is 10.4. The van der Waals surface area contributed by atoms with Crippen LogP contribution in [0.3, 0.4) is 0 Å². The van der Waals surface area contributed by atoms with Gasteiger partial charge in [0.05, 0.1) is 16.2 Å². The predicted octanol–water partition coefficient (Wildman–Crippen LogP) is 4.75. The molecule has 10 heteroatoms. The van der Waals surface area contributed by atoms with Crippen LogP contribution in [0.2, 0.25) is 0 Å². The fourth-order valence-electron chi connectivity index (χ4n) is 2.43. The molecule has 1 aromatic heterocycles. The topological polar surface area (TPSA) is 112 Å². The molecule has 0 aliphatic rings. The number of urea groups is 1. The number of nitrogens with zero attached hydrogens (tertiary/aromatic N) is 2. The highest BCUT2D eigenvalue weighted by molar-refractivity contribution is 8.01. The molecule has 0 unspecified atom stereocenters. The fourth-order valence-corrected chi connectivity index (χ4v) is 4.01. The Labute approximate surface area is 184 Å². The lowest BCUT2D eigenvalue weighted by Crippen LogP contribution is -2.37. The van der Waals surface area contributed by atoms with Crippen molar-refractivity contribution in [1.82, 2.24) is 4.98 Å². The van der Waals surface area contributed by atoms with Crippen molar-refractivity contribution in [2.75, 3.05) is 27.8 Å². The van der Waals surface area contributed by atoms with Gasteiger partial charge in [0.2, 0.25) is 5.91 Å². The molecular formula is C20H26N4O4S2. The minimum Gasteiger partial charge on any atom is -0.481 e. The van der Waals surface area contributed by atoms with Crippen LogP contribution in [0.25, 0.3) is 0 Å². The highest BCUT2D eigenvalue weighted by atomic mass is 32.2. The molecule has 30 heavy (non-hydrogen) atoms. The van der Waals surface area contributed by atoms with Gasteiger partial charge in [-0.3, -0.25) is 19.8 Å². The number of aromatic nitrogens is 1. The Kier molecular flexibility index (Phi) is 8.24. The number of hydrogen-bond acceptors (Lipinski definition) is 6. The summed E-state index contributed by atoms with van der Waals surface area (Å²) >= 11 is 2.38. The van der Waals surface area contributed by atoms with Crippen LogP contribution in [0.1, 0.15) is 34.1 Å². The van der Waals surface area contributed by atoms with Crippen molar-refractivity contribution >= 4 is 57.5 Å². The summed E-state index contributed by atoms with van der Waals surface area (Å²) in [5.41, 5.74) is 1.28. The molecule has 0 aliphatic heterocycles. The summed E-state index contributed by atoms with van der Waals surface area (Å²) in [6.07, 6.45) is 2.31. The molecule has 0 saturated heterocycles. The maximum atomic E-state index is 13.0. The number of amides is 3. The first-order valence-electron chi connectivity index (χ1n) is 9.30. The predicted molar refractivity (Wildman–Crippen MR) is 122 cm³/mol. The molecule has 2 rings (SSSR count). The molecule has 3 amide bonds. The van der Waals surface area contributed by atoms with E-state index in [9.17, 15) is 14.4 Å². The molecular weight excluding hydrogens is 424 g/mol. The van der Waals surface area contributed by atoms with Crippen LogP contribution in [0.4, 0.5) is 21.3 Å². The van der Waals surface area contributed by atoms with Crippen LogP contribution in [0.5, 0.6) is 0 Å². The molecule has 0 radical (unpaired) electrons. The molecule has 0 saturated carbocycles. The maximum absolute atomic E-state index is 13.0. The van der Waals surface area contributed by atoms with Crippen molar-refractivity contribution in [1.29, 1.82) is 0 Å². The fraction of sp³-hybridized carbons (Fsp3) is 0.400. The molecule has 3 N–H and O–H groups in total. The smallest absolute Gasteiger partial charge is 0.328 e. The van der Waals surface area contributed by atoms with Gasteiger partial charge in [-0.25, -0.2) is 9.78 Å². The third-order valence-electron chi connectivity index (χ3n) is 3.85. The molecule has 8 nitrogen and oxygen atoms in total. The number of benzene rings is 1. The van der Waals surface area contributed by atoms with Crippen molar-refractivity contribution in [2.24, 2.45) is 5.41 Å². The molecule has 2 aromatic rings. The molecule has 1 aromatic carbocycles. The number of thiazole rings is 1. The monoisotopic (exact) mass is 450 g/mol. The van der Waals surface area contributed by atoms with E-state index >= 15 is 0 Å². The minimum absolute atomic E-state index is 0.0234. The van der Waals surface area contributed by atoms with E-state index < -0.39 is 5.97 Å². The Morgan fingerprint density at radius 1 is 1.23 bits per heavy atom. The van der Waals surface area contributed by atoms with Gasteiger partial charge in [0, 0.05) is 24.8 Å². The summed E-state index contributed by atoms with van der Waals surface area (Å²) in [4.78, 5) is 40.9. The number of carbonyl (C=O) groups is 3. The van der Waals surface area contributed by atoms with Crippen LogP contribution >= 0.6 is 23.1 Å². The van der Waals surface area contributed by atoms with E-state index in [2.05, 4.69) is 36.4 Å². The average molecular weight is 451 g/mol. The summed E-state index contributed by atoms with van der Waals surface area (Å²) in [7, 11) is 0. The first-order chi connectivity index (χ1) is 14.0. The lowest BCUT2D eigenvalue weighted by molar-refractivity contribution is -0.133. The first kappa shape index (κ1) is 23.7. The number of aliphatic carboxylic acids is 1. The van der Waals surface area contributed by atoms with Gasteiger partial charge in [-0.2, -0.15) is 0 Å². The second-order valence-corrected chi connectivity index (χ2v) is 10.1. The molecule has 0 aliphatic carbocycles. The van der Waals surface area contributed by atoms with Crippen LogP contribution in [0.15, 0.2) is 34.7 Å². The number of hydrogen-bond donors (Lipinski definition) is 3. The maximum Gasteiger partial charge on any atom is 0.328 e. The van der Waals surface area contributed by atoms with E-state index in [0.29, 0.717) is 27.3 Å². The van der Waals surface area contributed by atoms with E-state index in [-0.39, 0.29) is 23.1 Å². The van der Waals surface area contributed by atoms with Crippen LogP contribution < -0.4 is 15.5 Å². The van der Waals surface area contributed by atoms with Gasteiger partial charge in [0.1, 0.15) is 0 Å². The van der Waals surface area contributed by atoms with Gasteiger partial charge < -0.3 is 10.4 Å². The van der Waals surface area contributed by atoms with Crippen molar-refractivity contribution in [2.45, 2.75) is 38.3 Å². The van der Waals surface area contributed by atoms with Gasteiger partial charge >= 0.3 is 12.0 Å². The van der Waals surface area contributed by atoms with Crippen molar-refractivity contribution in [3.05, 3.63) is 30.5 Å². The summed E-state index contributed by atoms with van der Waals surface area (Å²) in [6, 6.07) is 6.76. The van der Waals surface area contributed by atoms with Crippen molar-refractivity contribution in [3.8, 4) is 0 Å². The Morgan fingerprint density at radius 2 is 1.97 bits per heavy atom. The molecule has 1 heterocycles. The Bertz CT molecular complexity index is 908. The van der Waals surface area contributed by atoms with Gasteiger partial charge in [-0.05, 0) is 30.0 Å². The molecule has 0 atom stereocenters.